The third kappa shape index (κ3) is 3.97. The minimum absolute atomic E-state index is 0.0330. The topological polar surface area (TPSA) is 46.6 Å². The van der Waals surface area contributed by atoms with Gasteiger partial charge in [-0.05, 0) is 40.0 Å². The molecule has 1 saturated carbocycles. The molecule has 0 aromatic carbocycles. The summed E-state index contributed by atoms with van der Waals surface area (Å²) in [5.74, 6) is 0.661. The smallest absolute Gasteiger partial charge is 0.410 e. The molecule has 2 aliphatic rings. The highest BCUT2D eigenvalue weighted by Crippen LogP contribution is 2.30. The van der Waals surface area contributed by atoms with Crippen molar-refractivity contribution >= 4 is 11.9 Å². The molecule has 2 rings (SSSR count). The van der Waals surface area contributed by atoms with Gasteiger partial charge in [-0.2, -0.15) is 0 Å². The first kappa shape index (κ1) is 15.3. The van der Waals surface area contributed by atoms with E-state index in [0.29, 0.717) is 18.9 Å². The number of rotatable bonds is 2. The van der Waals surface area contributed by atoms with E-state index in [-0.39, 0.29) is 17.9 Å². The predicted octanol–water partition coefficient (Wildman–Crippen LogP) is 3.39. The molecule has 1 saturated heterocycles. The zero-order valence-corrected chi connectivity index (χ0v) is 13.0. The zero-order valence-electron chi connectivity index (χ0n) is 13.0. The summed E-state index contributed by atoms with van der Waals surface area (Å²) < 4.78 is 5.37. The van der Waals surface area contributed by atoms with E-state index in [4.69, 9.17) is 4.74 Å². The molecule has 0 bridgehead atoms. The summed E-state index contributed by atoms with van der Waals surface area (Å²) in [5.41, 5.74) is -0.470. The van der Waals surface area contributed by atoms with Crippen LogP contribution in [-0.4, -0.2) is 35.5 Å². The van der Waals surface area contributed by atoms with Crippen molar-refractivity contribution in [2.24, 2.45) is 11.8 Å². The fourth-order valence-electron chi connectivity index (χ4n) is 3.21. The fraction of sp³-hybridized carbons (Fsp3) is 0.875. The van der Waals surface area contributed by atoms with Crippen molar-refractivity contribution in [2.75, 3.05) is 13.1 Å². The van der Waals surface area contributed by atoms with Gasteiger partial charge < -0.3 is 9.64 Å². The Kier molecular flexibility index (Phi) is 4.71. The van der Waals surface area contributed by atoms with Gasteiger partial charge in [-0.1, -0.05) is 19.3 Å². The van der Waals surface area contributed by atoms with Gasteiger partial charge in [0.1, 0.15) is 11.4 Å². The molecule has 0 spiro atoms. The van der Waals surface area contributed by atoms with E-state index in [1.807, 2.05) is 20.8 Å². The van der Waals surface area contributed by atoms with Crippen LogP contribution in [0.15, 0.2) is 0 Å². The monoisotopic (exact) mass is 281 g/mol. The molecule has 1 amide bonds. The van der Waals surface area contributed by atoms with Gasteiger partial charge in [-0.3, -0.25) is 4.79 Å². The first-order valence-corrected chi connectivity index (χ1v) is 7.88. The summed E-state index contributed by atoms with van der Waals surface area (Å²) in [7, 11) is 0. The van der Waals surface area contributed by atoms with Gasteiger partial charge in [0.2, 0.25) is 0 Å². The number of ether oxygens (including phenoxy) is 1. The number of amides is 1. The van der Waals surface area contributed by atoms with E-state index < -0.39 is 5.60 Å². The van der Waals surface area contributed by atoms with Crippen LogP contribution >= 0.6 is 0 Å². The Balaban J connectivity index is 1.85. The normalized spacial score (nSPS) is 24.8. The second-order valence-electron chi connectivity index (χ2n) is 7.15. The molecule has 0 aromatic rings. The number of hydrogen-bond donors (Lipinski definition) is 0. The van der Waals surface area contributed by atoms with Gasteiger partial charge in [0, 0.05) is 24.9 Å². The molecule has 20 heavy (non-hydrogen) atoms. The van der Waals surface area contributed by atoms with Crippen molar-refractivity contribution in [3.8, 4) is 0 Å². The Morgan fingerprint density at radius 2 is 1.65 bits per heavy atom. The van der Waals surface area contributed by atoms with Crippen molar-refractivity contribution in [1.82, 2.24) is 4.90 Å². The molecular formula is C16H27NO3. The van der Waals surface area contributed by atoms with Crippen molar-refractivity contribution in [2.45, 2.75) is 64.9 Å². The number of carbonyl (C=O) groups is 2. The largest absolute Gasteiger partial charge is 0.444 e. The molecule has 114 valence electrons. The number of likely N-dealkylation sites (tertiary alicyclic amines) is 1. The highest BCUT2D eigenvalue weighted by atomic mass is 16.6. The Bertz CT molecular complexity index is 366. The van der Waals surface area contributed by atoms with E-state index >= 15 is 0 Å². The second kappa shape index (κ2) is 6.15. The third-order valence-electron chi connectivity index (χ3n) is 4.25. The maximum Gasteiger partial charge on any atom is 0.410 e. The molecule has 1 atom stereocenters. The van der Waals surface area contributed by atoms with E-state index in [0.717, 1.165) is 19.3 Å². The lowest BCUT2D eigenvalue weighted by atomic mass is 9.81. The molecule has 1 aliphatic heterocycles. The fourth-order valence-corrected chi connectivity index (χ4v) is 3.21. The number of nitrogens with zero attached hydrogens (tertiary/aromatic N) is 1. The zero-order chi connectivity index (χ0) is 14.8. The lowest BCUT2D eigenvalue weighted by Crippen LogP contribution is -2.36. The summed E-state index contributed by atoms with van der Waals surface area (Å²) in [6, 6.07) is 0. The molecule has 0 aromatic heterocycles. The molecule has 0 radical (unpaired) electrons. The van der Waals surface area contributed by atoms with E-state index in [2.05, 4.69) is 0 Å². The van der Waals surface area contributed by atoms with Gasteiger partial charge in [0.15, 0.2) is 0 Å². The van der Waals surface area contributed by atoms with Crippen LogP contribution in [0.1, 0.15) is 59.3 Å². The van der Waals surface area contributed by atoms with Crippen LogP contribution in [0.4, 0.5) is 4.79 Å². The molecule has 2 fully saturated rings. The minimum Gasteiger partial charge on any atom is -0.444 e. The Morgan fingerprint density at radius 3 is 2.25 bits per heavy atom. The van der Waals surface area contributed by atoms with Crippen molar-refractivity contribution in [3.63, 3.8) is 0 Å². The molecule has 1 aliphatic carbocycles. The van der Waals surface area contributed by atoms with Crippen LogP contribution in [0.3, 0.4) is 0 Å². The Morgan fingerprint density at radius 1 is 1.00 bits per heavy atom. The average Bonchev–Trinajstić information content (AvgIpc) is 2.86. The maximum absolute atomic E-state index is 12.5. The summed E-state index contributed by atoms with van der Waals surface area (Å²) in [6.07, 6.45) is 6.23. The molecular weight excluding hydrogens is 254 g/mol. The van der Waals surface area contributed by atoms with E-state index in [1.54, 1.807) is 4.90 Å². The van der Waals surface area contributed by atoms with Crippen molar-refractivity contribution in [1.29, 1.82) is 0 Å². The SMILES string of the molecule is CC(C)(C)OC(=O)N1CCC(C(=O)C2CCCCC2)C1. The van der Waals surface area contributed by atoms with Gasteiger partial charge in [0.25, 0.3) is 0 Å². The number of hydrogen-bond acceptors (Lipinski definition) is 3. The standard InChI is InChI=1S/C16H27NO3/c1-16(2,3)20-15(19)17-10-9-13(11-17)14(18)12-7-5-4-6-8-12/h12-13H,4-11H2,1-3H3. The molecule has 0 N–H and O–H groups in total. The molecule has 1 unspecified atom stereocenters. The van der Waals surface area contributed by atoms with Crippen LogP contribution in [0.5, 0.6) is 0 Å². The van der Waals surface area contributed by atoms with E-state index in [9.17, 15) is 9.59 Å². The third-order valence-corrected chi connectivity index (χ3v) is 4.25. The summed E-state index contributed by atoms with van der Waals surface area (Å²) in [5, 5.41) is 0. The van der Waals surface area contributed by atoms with Crippen LogP contribution in [-0.2, 0) is 9.53 Å². The minimum atomic E-state index is -0.470. The summed E-state index contributed by atoms with van der Waals surface area (Å²) in [6.45, 7) is 6.80. The number of Topliss-reactive ketones (excluding diaryl/α,β-unsaturated/α-hetero) is 1. The summed E-state index contributed by atoms with van der Waals surface area (Å²) in [4.78, 5) is 26.2. The first-order chi connectivity index (χ1) is 9.37. The molecule has 4 heteroatoms. The lowest BCUT2D eigenvalue weighted by Gasteiger charge is -2.25. The van der Waals surface area contributed by atoms with Crippen LogP contribution in [0.25, 0.3) is 0 Å². The average molecular weight is 281 g/mol. The highest BCUT2D eigenvalue weighted by molar-refractivity contribution is 5.84. The van der Waals surface area contributed by atoms with Gasteiger partial charge in [-0.15, -0.1) is 0 Å². The Hall–Kier alpha value is -1.06. The summed E-state index contributed by atoms with van der Waals surface area (Å²) >= 11 is 0. The Labute approximate surface area is 121 Å². The van der Waals surface area contributed by atoms with Crippen LogP contribution in [0, 0.1) is 11.8 Å². The van der Waals surface area contributed by atoms with Crippen LogP contribution < -0.4 is 0 Å². The van der Waals surface area contributed by atoms with Crippen molar-refractivity contribution < 1.29 is 14.3 Å². The quantitative estimate of drug-likeness (QED) is 0.779. The second-order valence-corrected chi connectivity index (χ2v) is 7.15. The number of carbonyl (C=O) groups excluding carboxylic acids is 2. The molecule has 1 heterocycles. The molecule has 4 nitrogen and oxygen atoms in total. The van der Waals surface area contributed by atoms with Crippen LogP contribution in [0.2, 0.25) is 0 Å². The first-order valence-electron chi connectivity index (χ1n) is 7.88. The van der Waals surface area contributed by atoms with Gasteiger partial charge in [-0.25, -0.2) is 4.79 Å². The maximum atomic E-state index is 12.5. The highest BCUT2D eigenvalue weighted by Gasteiger charge is 2.36. The predicted molar refractivity (Wildman–Crippen MR) is 77.5 cm³/mol. The lowest BCUT2D eigenvalue weighted by molar-refractivity contribution is -0.127. The van der Waals surface area contributed by atoms with Gasteiger partial charge >= 0.3 is 6.09 Å². The van der Waals surface area contributed by atoms with E-state index in [1.165, 1.54) is 19.3 Å². The number of ketones is 1. The van der Waals surface area contributed by atoms with Gasteiger partial charge in [0.05, 0.1) is 0 Å². The van der Waals surface area contributed by atoms with Crippen molar-refractivity contribution in [3.05, 3.63) is 0 Å².